The number of alkyl carbamates (subject to hydrolysis) is 1. The Morgan fingerprint density at radius 2 is 1.57 bits per heavy atom. The van der Waals surface area contributed by atoms with Crippen molar-refractivity contribution in [2.45, 2.75) is 52.3 Å². The third kappa shape index (κ3) is 8.05. The molecule has 0 spiro atoms. The van der Waals surface area contributed by atoms with E-state index >= 15 is 0 Å². The SMILES string of the molecule is C#Cc1ccc(C(C(=O)Nc2ccc(OC)cc2)N(C#C)C(=O)C(NC(=O)OC(C)(C)C)C(C)C)cc1. The number of hydrogen-bond acceptors (Lipinski definition) is 5. The van der Waals surface area contributed by atoms with Gasteiger partial charge >= 0.3 is 6.09 Å². The number of nitrogens with zero attached hydrogens (tertiary/aromatic N) is 1. The van der Waals surface area contributed by atoms with E-state index in [1.807, 2.05) is 0 Å². The zero-order valence-electron chi connectivity index (χ0n) is 22.0. The van der Waals surface area contributed by atoms with Gasteiger partial charge < -0.3 is 20.1 Å². The summed E-state index contributed by atoms with van der Waals surface area (Å²) >= 11 is 0. The van der Waals surface area contributed by atoms with Gasteiger partial charge in [-0.2, -0.15) is 0 Å². The van der Waals surface area contributed by atoms with Gasteiger partial charge in [-0.3, -0.25) is 14.5 Å². The molecule has 3 amide bonds. The van der Waals surface area contributed by atoms with Crippen LogP contribution in [0.5, 0.6) is 5.75 Å². The average Bonchev–Trinajstić information content (AvgIpc) is 2.84. The van der Waals surface area contributed by atoms with E-state index in [2.05, 4.69) is 22.6 Å². The van der Waals surface area contributed by atoms with E-state index in [1.165, 1.54) is 7.11 Å². The van der Waals surface area contributed by atoms with Crippen LogP contribution in [0.3, 0.4) is 0 Å². The van der Waals surface area contributed by atoms with E-state index in [-0.39, 0.29) is 5.92 Å². The first-order chi connectivity index (χ1) is 17.4. The van der Waals surface area contributed by atoms with Crippen molar-refractivity contribution in [3.63, 3.8) is 0 Å². The number of rotatable bonds is 8. The van der Waals surface area contributed by atoms with Crippen molar-refractivity contribution in [1.82, 2.24) is 10.2 Å². The lowest BCUT2D eigenvalue weighted by atomic mass is 9.98. The molecule has 194 valence electrons. The number of benzene rings is 2. The zero-order chi connectivity index (χ0) is 27.8. The molecule has 0 aliphatic heterocycles. The zero-order valence-corrected chi connectivity index (χ0v) is 22.0. The predicted octanol–water partition coefficient (Wildman–Crippen LogP) is 4.32. The van der Waals surface area contributed by atoms with Crippen LogP contribution in [-0.2, 0) is 14.3 Å². The largest absolute Gasteiger partial charge is 0.497 e. The maximum atomic E-state index is 13.7. The van der Waals surface area contributed by atoms with E-state index < -0.39 is 35.6 Å². The highest BCUT2D eigenvalue weighted by molar-refractivity contribution is 5.99. The van der Waals surface area contributed by atoms with Crippen molar-refractivity contribution in [2.24, 2.45) is 5.92 Å². The summed E-state index contributed by atoms with van der Waals surface area (Å²) in [5.74, 6) is 1.59. The number of methoxy groups -OCH3 is 1. The Hall–Kier alpha value is -4.43. The molecule has 0 saturated heterocycles. The summed E-state index contributed by atoms with van der Waals surface area (Å²) in [6.45, 7) is 8.65. The summed E-state index contributed by atoms with van der Waals surface area (Å²) in [6.07, 6.45) is 10.5. The monoisotopic (exact) mass is 503 g/mol. The van der Waals surface area contributed by atoms with Crippen LogP contribution in [0.2, 0.25) is 0 Å². The van der Waals surface area contributed by atoms with Crippen LogP contribution in [0.4, 0.5) is 10.5 Å². The number of ether oxygens (including phenoxy) is 2. The van der Waals surface area contributed by atoms with Gasteiger partial charge in [-0.15, -0.1) is 6.42 Å². The highest BCUT2D eigenvalue weighted by Crippen LogP contribution is 2.26. The molecule has 2 atom stereocenters. The van der Waals surface area contributed by atoms with E-state index in [0.29, 0.717) is 22.6 Å². The highest BCUT2D eigenvalue weighted by atomic mass is 16.6. The van der Waals surface area contributed by atoms with E-state index in [9.17, 15) is 14.4 Å². The van der Waals surface area contributed by atoms with Gasteiger partial charge in [0.05, 0.1) is 7.11 Å². The molecule has 2 rings (SSSR count). The number of carbonyl (C=O) groups is 3. The molecule has 2 aromatic carbocycles. The van der Waals surface area contributed by atoms with Crippen molar-refractivity contribution in [3.8, 4) is 30.6 Å². The predicted molar refractivity (Wildman–Crippen MR) is 142 cm³/mol. The van der Waals surface area contributed by atoms with Gasteiger partial charge in [0.15, 0.2) is 0 Å². The average molecular weight is 504 g/mol. The molecule has 2 unspecified atom stereocenters. The number of nitrogens with one attached hydrogen (secondary N) is 2. The van der Waals surface area contributed by atoms with Crippen LogP contribution in [0.25, 0.3) is 0 Å². The van der Waals surface area contributed by atoms with Gasteiger partial charge in [-0.05, 0) is 68.7 Å². The normalized spacial score (nSPS) is 12.4. The number of anilines is 1. The molecule has 2 N–H and O–H groups in total. The van der Waals surface area contributed by atoms with Crippen molar-refractivity contribution in [2.75, 3.05) is 12.4 Å². The number of hydrogen-bond donors (Lipinski definition) is 2. The van der Waals surface area contributed by atoms with Crippen LogP contribution in [0.1, 0.15) is 51.8 Å². The smallest absolute Gasteiger partial charge is 0.408 e. The molecule has 2 aromatic rings. The molecule has 0 aliphatic carbocycles. The molecule has 8 nitrogen and oxygen atoms in total. The molecule has 37 heavy (non-hydrogen) atoms. The topological polar surface area (TPSA) is 97.0 Å². The van der Waals surface area contributed by atoms with Gasteiger partial charge in [0.1, 0.15) is 23.4 Å². The summed E-state index contributed by atoms with van der Waals surface area (Å²) in [7, 11) is 1.54. The summed E-state index contributed by atoms with van der Waals surface area (Å²) in [5.41, 5.74) is 0.757. The highest BCUT2D eigenvalue weighted by Gasteiger charge is 2.37. The van der Waals surface area contributed by atoms with Gasteiger partial charge in [0, 0.05) is 17.3 Å². The lowest BCUT2D eigenvalue weighted by molar-refractivity contribution is -0.137. The molecule has 0 aromatic heterocycles. The van der Waals surface area contributed by atoms with Gasteiger partial charge in [0.2, 0.25) is 0 Å². The molecule has 0 heterocycles. The lowest BCUT2D eigenvalue weighted by Crippen LogP contribution is -2.53. The first-order valence-electron chi connectivity index (χ1n) is 11.7. The third-order valence-corrected chi connectivity index (χ3v) is 5.24. The molecule has 8 heteroatoms. The first-order valence-corrected chi connectivity index (χ1v) is 11.7. The van der Waals surface area contributed by atoms with Gasteiger partial charge in [-0.1, -0.05) is 38.3 Å². The van der Waals surface area contributed by atoms with Crippen molar-refractivity contribution < 1.29 is 23.9 Å². The summed E-state index contributed by atoms with van der Waals surface area (Å²) < 4.78 is 10.5. The standard InChI is InChI=1S/C29H33N3O5/c1-9-20-11-13-21(14-12-20)25(26(33)30-22-15-17-23(36-8)18-16-22)32(10-2)27(34)24(19(3)4)31-28(35)37-29(5,6)7/h1-2,11-19,24-25H,3-8H3,(H,30,33)(H,31,35). The Morgan fingerprint density at radius 3 is 2.03 bits per heavy atom. The van der Waals surface area contributed by atoms with E-state index in [4.69, 9.17) is 22.3 Å². The van der Waals surface area contributed by atoms with Crippen molar-refractivity contribution >= 4 is 23.6 Å². The van der Waals surface area contributed by atoms with E-state index in [1.54, 1.807) is 83.1 Å². The summed E-state index contributed by atoms with van der Waals surface area (Å²) in [4.78, 5) is 40.7. The van der Waals surface area contributed by atoms with Crippen LogP contribution in [-0.4, -0.2) is 41.6 Å². The fourth-order valence-electron chi connectivity index (χ4n) is 3.43. The maximum absolute atomic E-state index is 13.7. The Balaban J connectivity index is 2.45. The van der Waals surface area contributed by atoms with E-state index in [0.717, 1.165) is 4.90 Å². The molecule has 0 fully saturated rings. The molecular weight excluding hydrogens is 470 g/mol. The molecule has 0 bridgehead atoms. The molecule has 0 aliphatic rings. The maximum Gasteiger partial charge on any atom is 0.408 e. The fourth-order valence-corrected chi connectivity index (χ4v) is 3.43. The Kier molecular flexibility index (Phi) is 9.74. The third-order valence-electron chi connectivity index (χ3n) is 5.24. The Labute approximate surface area is 218 Å². The first kappa shape index (κ1) is 28.8. The quantitative estimate of drug-likeness (QED) is 0.413. The minimum absolute atomic E-state index is 0.356. The second-order valence-corrected chi connectivity index (χ2v) is 9.59. The summed E-state index contributed by atoms with van der Waals surface area (Å²) in [5, 5.41) is 5.39. The second kappa shape index (κ2) is 12.5. The lowest BCUT2D eigenvalue weighted by Gasteiger charge is -2.31. The van der Waals surface area contributed by atoms with Crippen LogP contribution in [0, 0.1) is 30.7 Å². The Morgan fingerprint density at radius 1 is 0.973 bits per heavy atom. The van der Waals surface area contributed by atoms with Gasteiger partial charge in [0.25, 0.3) is 11.8 Å². The molecule has 0 saturated carbocycles. The fraction of sp³-hybridized carbons (Fsp3) is 0.345. The van der Waals surface area contributed by atoms with Crippen LogP contribution < -0.4 is 15.4 Å². The second-order valence-electron chi connectivity index (χ2n) is 9.59. The number of carbonyl (C=O) groups excluding carboxylic acids is 3. The van der Waals surface area contributed by atoms with Gasteiger partial charge in [-0.25, -0.2) is 4.79 Å². The van der Waals surface area contributed by atoms with Crippen molar-refractivity contribution in [3.05, 3.63) is 59.7 Å². The number of amides is 3. The van der Waals surface area contributed by atoms with Crippen molar-refractivity contribution in [1.29, 1.82) is 0 Å². The Bertz CT molecular complexity index is 1180. The minimum atomic E-state index is -1.21. The minimum Gasteiger partial charge on any atom is -0.497 e. The molecule has 0 radical (unpaired) electrons. The summed E-state index contributed by atoms with van der Waals surface area (Å²) in [6, 6.07) is 13.4. The van der Waals surface area contributed by atoms with Crippen LogP contribution in [0.15, 0.2) is 48.5 Å². The molecular formula is C29H33N3O5. The number of terminal acetylenes is 2. The van der Waals surface area contributed by atoms with Crippen LogP contribution >= 0.6 is 0 Å².